The number of Topliss-reactive ketones (excluding diaryl/α,β-unsaturated/α-hetero) is 1. The first kappa shape index (κ1) is 58.9. The number of aliphatic hydroxyl groups is 1. The normalized spacial score (nSPS) is 15.2. The minimum Gasteiger partial charge on any atom is -0.469 e. The highest BCUT2D eigenvalue weighted by molar-refractivity contribution is 6.09. The summed E-state index contributed by atoms with van der Waals surface area (Å²) in [4.78, 5) is 58.2. The van der Waals surface area contributed by atoms with Crippen molar-refractivity contribution in [2.75, 3.05) is 20.8 Å². The van der Waals surface area contributed by atoms with Crippen molar-refractivity contribution < 1.29 is 86.4 Å². The lowest BCUT2D eigenvalue weighted by Crippen LogP contribution is -2.57. The number of alkyl halides is 10. The van der Waals surface area contributed by atoms with Crippen LogP contribution in [0, 0.1) is 34.3 Å². The van der Waals surface area contributed by atoms with Gasteiger partial charge < -0.3 is 31.4 Å². The molecule has 0 fully saturated rings. The number of nitrogens with one attached hydrogen (secondary N) is 2. The van der Waals surface area contributed by atoms with Crippen molar-refractivity contribution in [1.29, 1.82) is 0 Å². The highest BCUT2D eigenvalue weighted by Gasteiger charge is 2.57. The smallest absolute Gasteiger partial charge is 0.407 e. The number of alkyl carbamates (subject to hydrolysis) is 1. The summed E-state index contributed by atoms with van der Waals surface area (Å²) in [5.74, 6) is -11.1. The molecular formula is C43H51F12N7O7. The Bertz CT molecular complexity index is 2190. The summed E-state index contributed by atoms with van der Waals surface area (Å²) in [6.07, 6.45) is -13.7. The molecule has 2 amide bonds. The van der Waals surface area contributed by atoms with Gasteiger partial charge in [0.1, 0.15) is 17.7 Å². The number of amides is 2. The van der Waals surface area contributed by atoms with Gasteiger partial charge >= 0.3 is 37.5 Å². The molecule has 0 saturated carbocycles. The third kappa shape index (κ3) is 16.8. The minimum atomic E-state index is -5.19. The van der Waals surface area contributed by atoms with E-state index >= 15 is 8.78 Å². The van der Waals surface area contributed by atoms with E-state index in [4.69, 9.17) is 11.5 Å². The molecule has 0 spiro atoms. The summed E-state index contributed by atoms with van der Waals surface area (Å²) >= 11 is 0. The second-order valence-corrected chi connectivity index (χ2v) is 16.4. The molecule has 0 unspecified atom stereocenters. The van der Waals surface area contributed by atoms with Crippen molar-refractivity contribution in [3.63, 3.8) is 0 Å². The number of esters is 1. The van der Waals surface area contributed by atoms with Crippen LogP contribution in [-0.4, -0.2) is 105 Å². The van der Waals surface area contributed by atoms with E-state index in [-0.39, 0.29) is 16.7 Å². The standard InChI is InChI=1S/C43H51F12N7O7/c1-40(2,42(50,51)52)28(17-34(65)68-5)36(66)61-62(20-27-29(44)14-24(15-30(27)45)31(57)11-12-58-37(46)47)21-33(64)25(13-22-7-9-23(10-8-22)26(18-56)19-59-38(48)49)16-32(63)35(60-39(67)69-6)41(3,4)43(53,54)55/h7-12,14-15,18-19,25,28,33,35,37-38,64H,13,16-17,20-21,56-57H2,1-6H3,(H,60,67)(H,61,66)/t25-,28-,33+,35-/m1/s1. The lowest BCUT2D eigenvalue weighted by molar-refractivity contribution is -0.231. The average Bonchev–Trinajstić information content (AvgIpc) is 3.24. The maximum Gasteiger partial charge on any atom is 0.407 e. The van der Waals surface area contributed by atoms with Crippen molar-refractivity contribution in [3.8, 4) is 0 Å². The van der Waals surface area contributed by atoms with Gasteiger partial charge in [0.2, 0.25) is 5.91 Å². The number of aliphatic hydroxyl groups excluding tert-OH is 1. The molecule has 26 heteroatoms. The third-order valence-electron chi connectivity index (χ3n) is 11.0. The van der Waals surface area contributed by atoms with Gasteiger partial charge in [-0.25, -0.2) is 28.6 Å². The molecule has 0 radical (unpaired) electrons. The number of carbonyl (C=O) groups is 4. The highest BCUT2D eigenvalue weighted by atomic mass is 19.4. The Labute approximate surface area is 387 Å². The maximum absolute atomic E-state index is 15.8. The molecule has 14 nitrogen and oxygen atoms in total. The Morgan fingerprint density at radius 3 is 1.86 bits per heavy atom. The zero-order valence-electron chi connectivity index (χ0n) is 37.7. The first-order chi connectivity index (χ1) is 31.8. The Hall–Kier alpha value is -6.18. The Balaban J connectivity index is 2.87. The molecule has 4 atom stereocenters. The number of halogens is 12. The summed E-state index contributed by atoms with van der Waals surface area (Å²) in [6, 6.07) is 4.11. The zero-order chi connectivity index (χ0) is 52.8. The summed E-state index contributed by atoms with van der Waals surface area (Å²) in [7, 11) is 1.61. The van der Waals surface area contributed by atoms with Crippen molar-refractivity contribution >= 4 is 47.5 Å². The molecule has 0 heterocycles. The van der Waals surface area contributed by atoms with E-state index in [1.165, 1.54) is 24.3 Å². The number of ketones is 1. The molecular weight excluding hydrogens is 954 g/mol. The number of hydrogen-bond donors (Lipinski definition) is 5. The van der Waals surface area contributed by atoms with Gasteiger partial charge in [0.05, 0.1) is 43.5 Å². The number of rotatable bonds is 23. The van der Waals surface area contributed by atoms with Crippen LogP contribution in [0.4, 0.5) is 57.5 Å². The molecule has 2 aromatic carbocycles. The Morgan fingerprint density at radius 1 is 0.826 bits per heavy atom. The number of hydrogen-bond acceptors (Lipinski definition) is 12. The third-order valence-corrected chi connectivity index (χ3v) is 11.0. The molecule has 0 aliphatic carbocycles. The minimum absolute atomic E-state index is 0.00269. The van der Waals surface area contributed by atoms with Crippen LogP contribution in [-0.2, 0) is 36.8 Å². The van der Waals surface area contributed by atoms with Gasteiger partial charge in [-0.05, 0) is 55.5 Å². The first-order valence-corrected chi connectivity index (χ1v) is 20.2. The lowest BCUT2D eigenvalue weighted by Gasteiger charge is -2.37. The molecule has 0 aliphatic rings. The zero-order valence-corrected chi connectivity index (χ0v) is 37.7. The summed E-state index contributed by atoms with van der Waals surface area (Å²) in [5, 5.41) is 14.3. The summed E-state index contributed by atoms with van der Waals surface area (Å²) in [6.45, 7) is -6.24. The predicted molar refractivity (Wildman–Crippen MR) is 227 cm³/mol. The van der Waals surface area contributed by atoms with Gasteiger partial charge in [0.15, 0.2) is 5.78 Å². The molecule has 7 N–H and O–H groups in total. The van der Waals surface area contributed by atoms with Gasteiger partial charge in [0.25, 0.3) is 0 Å². The van der Waals surface area contributed by atoms with Crippen molar-refractivity contribution in [2.45, 2.75) is 91.1 Å². The second-order valence-electron chi connectivity index (χ2n) is 16.4. The number of methoxy groups -OCH3 is 2. The van der Waals surface area contributed by atoms with Crippen LogP contribution in [0.1, 0.15) is 62.8 Å². The molecule has 2 rings (SSSR count). The molecule has 0 aliphatic heterocycles. The van der Waals surface area contributed by atoms with E-state index in [1.807, 2.05) is 10.7 Å². The molecule has 2 aromatic rings. The van der Waals surface area contributed by atoms with Crippen LogP contribution in [0.5, 0.6) is 0 Å². The number of hydrazine groups is 1. The highest BCUT2D eigenvalue weighted by Crippen LogP contribution is 2.45. The van der Waals surface area contributed by atoms with Gasteiger partial charge in [-0.3, -0.25) is 19.8 Å². The van der Waals surface area contributed by atoms with E-state index in [9.17, 15) is 68.2 Å². The second kappa shape index (κ2) is 24.9. The molecule has 0 aromatic heterocycles. The van der Waals surface area contributed by atoms with Crippen LogP contribution in [0.25, 0.3) is 11.3 Å². The number of benzene rings is 2. The number of nitrogens with zero attached hydrogens (tertiary/aromatic N) is 3. The van der Waals surface area contributed by atoms with Crippen LogP contribution in [0.15, 0.2) is 58.7 Å². The van der Waals surface area contributed by atoms with Crippen molar-refractivity contribution in [3.05, 3.63) is 82.6 Å². The van der Waals surface area contributed by atoms with Crippen molar-refractivity contribution in [2.24, 2.45) is 44.1 Å². The maximum atomic E-state index is 15.8. The van der Waals surface area contributed by atoms with Gasteiger partial charge in [-0.15, -0.1) is 0 Å². The van der Waals surface area contributed by atoms with Crippen LogP contribution in [0.2, 0.25) is 0 Å². The monoisotopic (exact) mass is 1010 g/mol. The lowest BCUT2D eigenvalue weighted by atomic mass is 9.75. The largest absolute Gasteiger partial charge is 0.469 e. The molecule has 69 heavy (non-hydrogen) atoms. The fourth-order valence-electron chi connectivity index (χ4n) is 6.49. The van der Waals surface area contributed by atoms with Gasteiger partial charge in [-0.2, -0.15) is 43.9 Å². The van der Waals surface area contributed by atoms with Gasteiger partial charge in [0, 0.05) is 60.5 Å². The number of aliphatic imine (C=N–C) groups is 2. The van der Waals surface area contributed by atoms with E-state index < -0.39 is 145 Å². The SMILES string of the molecule is COC(=O)C[C@H](C(=O)NN(Cc1c(F)cc(C(N)=CC=NC(F)F)cc1F)C[C@H](O)[C@@H](CC(=O)[C@@H](NC(=O)OC)C(C)(C)C(F)(F)F)Cc1ccc(C(C=NC(F)F)=CN)cc1)C(C)(C)C(F)(F)F. The van der Waals surface area contributed by atoms with E-state index in [0.29, 0.717) is 51.1 Å². The summed E-state index contributed by atoms with van der Waals surface area (Å²) in [5.41, 5.74) is 5.83. The summed E-state index contributed by atoms with van der Waals surface area (Å²) < 4.78 is 178. The molecule has 0 saturated heterocycles. The van der Waals surface area contributed by atoms with Crippen LogP contribution < -0.4 is 22.2 Å². The van der Waals surface area contributed by atoms with E-state index in [1.54, 1.807) is 0 Å². The number of nitrogens with two attached hydrogens (primary N) is 2. The van der Waals surface area contributed by atoms with E-state index in [0.717, 1.165) is 32.7 Å². The quantitative estimate of drug-likeness (QED) is 0.0248. The van der Waals surface area contributed by atoms with Crippen LogP contribution >= 0.6 is 0 Å². The Kier molecular flexibility index (Phi) is 21.3. The average molecular weight is 1010 g/mol. The van der Waals surface area contributed by atoms with Gasteiger partial charge in [-0.1, -0.05) is 38.1 Å². The topological polar surface area (TPSA) is 211 Å². The molecule has 0 bridgehead atoms. The Morgan fingerprint density at radius 2 is 1.38 bits per heavy atom. The number of carbonyl (C=O) groups excluding carboxylic acids is 4. The predicted octanol–water partition coefficient (Wildman–Crippen LogP) is 7.24. The van der Waals surface area contributed by atoms with Crippen molar-refractivity contribution in [1.82, 2.24) is 15.8 Å². The fraction of sp³-hybridized carbons (Fsp3) is 0.488. The number of ether oxygens (including phenoxy) is 2. The van der Waals surface area contributed by atoms with E-state index in [2.05, 4.69) is 19.5 Å². The molecule has 384 valence electrons. The van der Waals surface area contributed by atoms with Crippen LogP contribution in [0.3, 0.4) is 0 Å². The number of allylic oxidation sites excluding steroid dienone is 2. The first-order valence-electron chi connectivity index (χ1n) is 20.2. The fourth-order valence-corrected chi connectivity index (χ4v) is 6.49.